The molecule has 0 fully saturated rings. The quantitative estimate of drug-likeness (QED) is 0.851. The largest absolute Gasteiger partial charge is 0.309 e. The molecule has 1 N–H and O–H groups in total. The van der Waals surface area contributed by atoms with Gasteiger partial charge in [0.05, 0.1) is 0 Å². The Labute approximate surface area is 121 Å². The van der Waals surface area contributed by atoms with E-state index in [2.05, 4.69) is 70.8 Å². The molecule has 0 amide bonds. The normalized spacial score (nSPS) is 12.6. The number of benzene rings is 1. The number of rotatable bonds is 5. The van der Waals surface area contributed by atoms with E-state index in [1.54, 1.807) is 11.3 Å². The first-order valence-corrected chi connectivity index (χ1v) is 7.83. The van der Waals surface area contributed by atoms with Crippen LogP contribution < -0.4 is 5.32 Å². The van der Waals surface area contributed by atoms with E-state index >= 15 is 0 Å². The molecule has 0 radical (unpaired) electrons. The van der Waals surface area contributed by atoms with Crippen LogP contribution in [0.3, 0.4) is 0 Å². The Balaban J connectivity index is 1.85. The molecule has 0 saturated carbocycles. The Kier molecular flexibility index (Phi) is 4.98. The van der Waals surface area contributed by atoms with Crippen molar-refractivity contribution in [2.45, 2.75) is 32.9 Å². The fraction of sp³-hybridized carbons (Fsp3) is 0.333. The smallest absolute Gasteiger partial charge is 0.0302 e. The molecule has 0 aliphatic rings. The van der Waals surface area contributed by atoms with E-state index in [0.717, 1.165) is 13.0 Å². The lowest BCUT2D eigenvalue weighted by molar-refractivity contribution is 0.548. The molecular formula is C15H18BrNS. The molecular weight excluding hydrogens is 306 g/mol. The summed E-state index contributed by atoms with van der Waals surface area (Å²) in [6.07, 6.45) is 1.08. The summed E-state index contributed by atoms with van der Waals surface area (Å²) in [6.45, 7) is 5.37. The van der Waals surface area contributed by atoms with Crippen molar-refractivity contribution in [2.75, 3.05) is 0 Å². The summed E-state index contributed by atoms with van der Waals surface area (Å²) in [7, 11) is 0. The van der Waals surface area contributed by atoms with Gasteiger partial charge in [-0.3, -0.25) is 0 Å². The highest BCUT2D eigenvalue weighted by molar-refractivity contribution is 9.10. The van der Waals surface area contributed by atoms with Crippen molar-refractivity contribution in [3.05, 3.63) is 56.2 Å². The maximum absolute atomic E-state index is 3.58. The average Bonchev–Trinajstić information content (AvgIpc) is 2.76. The van der Waals surface area contributed by atoms with Crippen molar-refractivity contribution in [2.24, 2.45) is 0 Å². The van der Waals surface area contributed by atoms with Crippen molar-refractivity contribution in [3.63, 3.8) is 0 Å². The van der Waals surface area contributed by atoms with Crippen LogP contribution in [0.1, 0.15) is 22.9 Å². The fourth-order valence-corrected chi connectivity index (χ4v) is 3.36. The minimum absolute atomic E-state index is 0.493. The average molecular weight is 324 g/mol. The summed E-state index contributed by atoms with van der Waals surface area (Å²) >= 11 is 5.28. The van der Waals surface area contributed by atoms with E-state index < -0.39 is 0 Å². The molecule has 18 heavy (non-hydrogen) atoms. The standard InChI is InChI=1S/C15H18BrNS/c1-11-5-3-4-6-13(11)7-12(2)17-9-15-8-14(16)10-18-15/h3-6,8,10,12,17H,7,9H2,1-2H3. The minimum Gasteiger partial charge on any atom is -0.309 e. The summed E-state index contributed by atoms with van der Waals surface area (Å²) < 4.78 is 1.18. The predicted octanol–water partition coefficient (Wildman–Crippen LogP) is 4.54. The maximum Gasteiger partial charge on any atom is 0.0302 e. The predicted molar refractivity (Wildman–Crippen MR) is 83.2 cm³/mol. The number of aryl methyl sites for hydroxylation is 1. The van der Waals surface area contributed by atoms with Crippen LogP contribution in [0.4, 0.5) is 0 Å². The third kappa shape index (κ3) is 3.94. The van der Waals surface area contributed by atoms with Crippen molar-refractivity contribution in [1.82, 2.24) is 5.32 Å². The molecule has 1 nitrogen and oxygen atoms in total. The van der Waals surface area contributed by atoms with Gasteiger partial charge in [0.15, 0.2) is 0 Å². The van der Waals surface area contributed by atoms with Crippen molar-refractivity contribution in [3.8, 4) is 0 Å². The summed E-state index contributed by atoms with van der Waals surface area (Å²) in [6, 6.07) is 11.3. The molecule has 1 aromatic heterocycles. The van der Waals surface area contributed by atoms with Gasteiger partial charge in [0.2, 0.25) is 0 Å². The van der Waals surface area contributed by atoms with Gasteiger partial charge in [-0.05, 0) is 53.4 Å². The SMILES string of the molecule is Cc1ccccc1CC(C)NCc1cc(Br)cs1. The summed E-state index contributed by atoms with van der Waals surface area (Å²) in [5, 5.41) is 5.71. The number of hydrogen-bond donors (Lipinski definition) is 1. The van der Waals surface area contributed by atoms with Gasteiger partial charge in [0, 0.05) is 27.3 Å². The highest BCUT2D eigenvalue weighted by Gasteiger charge is 2.06. The van der Waals surface area contributed by atoms with Gasteiger partial charge in [-0.15, -0.1) is 11.3 Å². The molecule has 0 aliphatic carbocycles. The molecule has 1 aromatic carbocycles. The Bertz CT molecular complexity index is 507. The van der Waals surface area contributed by atoms with Crippen molar-refractivity contribution < 1.29 is 0 Å². The van der Waals surface area contributed by atoms with Crippen LogP contribution >= 0.6 is 27.3 Å². The van der Waals surface area contributed by atoms with E-state index in [0.29, 0.717) is 6.04 Å². The Morgan fingerprint density at radius 2 is 2.11 bits per heavy atom. The highest BCUT2D eigenvalue weighted by atomic mass is 79.9. The first-order chi connectivity index (χ1) is 8.65. The lowest BCUT2D eigenvalue weighted by Gasteiger charge is -2.14. The van der Waals surface area contributed by atoms with Gasteiger partial charge >= 0.3 is 0 Å². The van der Waals surface area contributed by atoms with Crippen LogP contribution in [0, 0.1) is 6.92 Å². The van der Waals surface area contributed by atoms with E-state index in [4.69, 9.17) is 0 Å². The van der Waals surface area contributed by atoms with Crippen LogP contribution in [0.15, 0.2) is 40.2 Å². The van der Waals surface area contributed by atoms with Crippen LogP contribution in [-0.4, -0.2) is 6.04 Å². The van der Waals surface area contributed by atoms with E-state index in [1.165, 1.54) is 20.5 Å². The van der Waals surface area contributed by atoms with E-state index in [1.807, 2.05) is 0 Å². The molecule has 0 aliphatic heterocycles. The highest BCUT2D eigenvalue weighted by Crippen LogP contribution is 2.19. The zero-order valence-electron chi connectivity index (χ0n) is 10.7. The Morgan fingerprint density at radius 3 is 2.78 bits per heavy atom. The fourth-order valence-electron chi connectivity index (χ4n) is 1.96. The molecule has 1 atom stereocenters. The molecule has 1 heterocycles. The monoisotopic (exact) mass is 323 g/mol. The van der Waals surface area contributed by atoms with Gasteiger partial charge in [0.1, 0.15) is 0 Å². The second-order valence-electron chi connectivity index (χ2n) is 4.64. The van der Waals surface area contributed by atoms with Gasteiger partial charge in [-0.2, -0.15) is 0 Å². The first kappa shape index (κ1) is 13.8. The first-order valence-electron chi connectivity index (χ1n) is 6.16. The molecule has 96 valence electrons. The minimum atomic E-state index is 0.493. The number of thiophene rings is 1. The number of hydrogen-bond acceptors (Lipinski definition) is 2. The lowest BCUT2D eigenvalue weighted by Crippen LogP contribution is -2.27. The maximum atomic E-state index is 3.58. The zero-order valence-corrected chi connectivity index (χ0v) is 13.1. The molecule has 0 saturated heterocycles. The van der Waals surface area contributed by atoms with Crippen molar-refractivity contribution in [1.29, 1.82) is 0 Å². The second kappa shape index (κ2) is 6.50. The summed E-state index contributed by atoms with van der Waals surface area (Å²) in [5.41, 5.74) is 2.81. The number of halogens is 1. The van der Waals surface area contributed by atoms with Crippen LogP contribution in [-0.2, 0) is 13.0 Å². The summed E-state index contributed by atoms with van der Waals surface area (Å²) in [4.78, 5) is 1.37. The lowest BCUT2D eigenvalue weighted by atomic mass is 10.0. The van der Waals surface area contributed by atoms with Gasteiger partial charge in [-0.1, -0.05) is 24.3 Å². The molecule has 2 aromatic rings. The summed E-state index contributed by atoms with van der Waals surface area (Å²) in [5.74, 6) is 0. The van der Waals surface area contributed by atoms with E-state index in [9.17, 15) is 0 Å². The molecule has 2 rings (SSSR count). The molecule has 1 unspecified atom stereocenters. The van der Waals surface area contributed by atoms with Gasteiger partial charge < -0.3 is 5.32 Å². The van der Waals surface area contributed by atoms with Crippen LogP contribution in [0.2, 0.25) is 0 Å². The van der Waals surface area contributed by atoms with Crippen molar-refractivity contribution >= 4 is 27.3 Å². The number of nitrogens with one attached hydrogen (secondary N) is 1. The third-order valence-corrected chi connectivity index (χ3v) is 4.73. The molecule has 3 heteroatoms. The van der Waals surface area contributed by atoms with E-state index in [-0.39, 0.29) is 0 Å². The molecule has 0 bridgehead atoms. The molecule has 0 spiro atoms. The van der Waals surface area contributed by atoms with Gasteiger partial charge in [-0.25, -0.2) is 0 Å². The van der Waals surface area contributed by atoms with Gasteiger partial charge in [0.25, 0.3) is 0 Å². The second-order valence-corrected chi connectivity index (χ2v) is 6.56. The Morgan fingerprint density at radius 1 is 1.33 bits per heavy atom. The Hall–Kier alpha value is -0.640. The third-order valence-electron chi connectivity index (χ3n) is 3.03. The topological polar surface area (TPSA) is 12.0 Å². The zero-order chi connectivity index (χ0) is 13.0. The van der Waals surface area contributed by atoms with Crippen LogP contribution in [0.25, 0.3) is 0 Å². The van der Waals surface area contributed by atoms with Crippen LogP contribution in [0.5, 0.6) is 0 Å².